The molecule has 4 heteroatoms. The monoisotopic (exact) mass is 226 g/mol. The van der Waals surface area contributed by atoms with Crippen LogP contribution in [0.4, 0.5) is 0 Å². The fourth-order valence-electron chi connectivity index (χ4n) is 2.08. The van der Waals surface area contributed by atoms with Crippen molar-refractivity contribution in [1.82, 2.24) is 4.90 Å². The first kappa shape index (κ1) is 13.0. The second-order valence-electron chi connectivity index (χ2n) is 6.26. The molecule has 0 atom stereocenters. The zero-order chi connectivity index (χ0) is 12.7. The fourth-order valence-corrected chi connectivity index (χ4v) is 2.08. The Bertz CT molecular complexity index is 332. The van der Waals surface area contributed by atoms with Crippen LogP contribution in [0.15, 0.2) is 0 Å². The molecule has 0 aromatic rings. The van der Waals surface area contributed by atoms with Gasteiger partial charge in [-0.15, -0.1) is 0 Å². The van der Waals surface area contributed by atoms with Crippen LogP contribution in [0.3, 0.4) is 0 Å². The van der Waals surface area contributed by atoms with Crippen LogP contribution in [0.5, 0.6) is 0 Å². The van der Waals surface area contributed by atoms with Crippen molar-refractivity contribution in [3.8, 4) is 0 Å². The fraction of sp³-hybridized carbons (Fsp3) is 0.833. The summed E-state index contributed by atoms with van der Waals surface area (Å²) in [4.78, 5) is 13.2. The van der Waals surface area contributed by atoms with Crippen LogP contribution in [0.1, 0.15) is 41.5 Å². The Kier molecular flexibility index (Phi) is 3.05. The number of rotatable bonds is 1. The Labute approximate surface area is 97.6 Å². The number of carbonyl (C=O) groups is 1. The van der Waals surface area contributed by atoms with Gasteiger partial charge in [0, 0.05) is 0 Å². The molecule has 0 N–H and O–H groups in total. The van der Waals surface area contributed by atoms with Gasteiger partial charge in [-0.3, -0.25) is 9.48 Å². The number of carboxylic acid groups (broad SMARTS) is 1. The van der Waals surface area contributed by atoms with Gasteiger partial charge in [-0.05, 0) is 41.5 Å². The maximum Gasteiger partial charge on any atom is 0.296 e. The molecule has 0 saturated heterocycles. The van der Waals surface area contributed by atoms with Crippen molar-refractivity contribution in [3.05, 3.63) is 0 Å². The lowest BCUT2D eigenvalue weighted by Gasteiger charge is -2.28. The van der Waals surface area contributed by atoms with E-state index >= 15 is 0 Å². The summed E-state index contributed by atoms with van der Waals surface area (Å²) in [5, 5.41) is 11.3. The molecule has 0 unspecified atom stereocenters. The average Bonchev–Trinajstić information content (AvgIpc) is 2.43. The third-order valence-electron chi connectivity index (χ3n) is 2.86. The quantitative estimate of drug-likeness (QED) is 0.594. The molecule has 0 spiro atoms. The molecule has 92 valence electrons. The molecule has 1 heterocycles. The van der Waals surface area contributed by atoms with Crippen molar-refractivity contribution in [1.29, 1.82) is 0 Å². The van der Waals surface area contributed by atoms with Crippen LogP contribution in [-0.2, 0) is 4.79 Å². The lowest BCUT2D eigenvalue weighted by molar-refractivity contribution is -0.589. The van der Waals surface area contributed by atoms with Gasteiger partial charge in [0.05, 0.1) is 11.1 Å². The Morgan fingerprint density at radius 1 is 1.25 bits per heavy atom. The van der Waals surface area contributed by atoms with Crippen LogP contribution >= 0.6 is 0 Å². The van der Waals surface area contributed by atoms with Crippen molar-refractivity contribution < 1.29 is 14.5 Å². The van der Waals surface area contributed by atoms with Gasteiger partial charge in [-0.25, -0.2) is 0 Å². The summed E-state index contributed by atoms with van der Waals surface area (Å²) < 4.78 is 1.91. The summed E-state index contributed by atoms with van der Waals surface area (Å²) in [7, 11) is 0. The highest BCUT2D eigenvalue weighted by atomic mass is 16.4. The maximum absolute atomic E-state index is 11.3. The maximum atomic E-state index is 11.3. The van der Waals surface area contributed by atoms with Crippen LogP contribution in [0.2, 0.25) is 0 Å². The third-order valence-corrected chi connectivity index (χ3v) is 2.86. The molecule has 0 saturated carbocycles. The summed E-state index contributed by atoms with van der Waals surface area (Å²) in [5.41, 5.74) is -0.370. The topological polar surface area (TPSA) is 46.4 Å². The molecular weight excluding hydrogens is 204 g/mol. The van der Waals surface area contributed by atoms with E-state index in [1.54, 1.807) is 0 Å². The van der Waals surface area contributed by atoms with Crippen LogP contribution in [0, 0.1) is 0 Å². The van der Waals surface area contributed by atoms with E-state index in [-0.39, 0.29) is 11.1 Å². The largest absolute Gasteiger partial charge is 0.538 e. The summed E-state index contributed by atoms with van der Waals surface area (Å²) in [6.45, 7) is 13.6. The molecule has 1 rings (SSSR count). The number of hydrogen-bond donors (Lipinski definition) is 0. The average molecular weight is 226 g/mol. The number of carbonyl (C=O) groups excluding carboxylic acids is 1. The van der Waals surface area contributed by atoms with Crippen molar-refractivity contribution in [2.75, 3.05) is 13.1 Å². The molecule has 0 bridgehead atoms. The minimum atomic E-state index is -1.08. The van der Waals surface area contributed by atoms with E-state index in [0.717, 1.165) is 13.1 Å². The van der Waals surface area contributed by atoms with Gasteiger partial charge in [-0.2, -0.15) is 0 Å². The lowest BCUT2D eigenvalue weighted by Crippen LogP contribution is -2.53. The lowest BCUT2D eigenvalue weighted by atomic mass is 10.1. The van der Waals surface area contributed by atoms with Crippen LogP contribution < -0.4 is 5.11 Å². The second kappa shape index (κ2) is 3.75. The Morgan fingerprint density at radius 2 is 1.75 bits per heavy atom. The van der Waals surface area contributed by atoms with E-state index in [1.807, 2.05) is 51.0 Å². The highest BCUT2D eigenvalue weighted by molar-refractivity contribution is 6.31. The minimum Gasteiger partial charge on any atom is -0.538 e. The van der Waals surface area contributed by atoms with Crippen molar-refractivity contribution in [2.45, 2.75) is 52.6 Å². The van der Waals surface area contributed by atoms with Crippen LogP contribution in [0.25, 0.3) is 0 Å². The first-order valence-electron chi connectivity index (χ1n) is 5.69. The van der Waals surface area contributed by atoms with E-state index in [1.165, 1.54) is 0 Å². The highest BCUT2D eigenvalue weighted by Gasteiger charge is 2.42. The first-order chi connectivity index (χ1) is 7.05. The molecule has 0 aromatic carbocycles. The molecule has 0 aliphatic carbocycles. The van der Waals surface area contributed by atoms with Gasteiger partial charge < -0.3 is 9.90 Å². The molecule has 16 heavy (non-hydrogen) atoms. The molecule has 0 aromatic heterocycles. The normalized spacial score (nSPS) is 18.2. The minimum absolute atomic E-state index is 0.185. The predicted octanol–water partition coefficient (Wildman–Crippen LogP) is 0.0599. The highest BCUT2D eigenvalue weighted by Crippen LogP contribution is 2.21. The number of hydrogen-bond acceptors (Lipinski definition) is 3. The first-order valence-corrected chi connectivity index (χ1v) is 5.69. The summed E-state index contributed by atoms with van der Waals surface area (Å²) in [6, 6.07) is 0. The summed E-state index contributed by atoms with van der Waals surface area (Å²) in [6.07, 6.45) is 0. The van der Waals surface area contributed by atoms with E-state index in [4.69, 9.17) is 0 Å². The SMILES string of the molecule is CC(C)(C)N1CC[N+](C(C)(C)C)=C1C(=O)[O-]. The van der Waals surface area contributed by atoms with E-state index in [2.05, 4.69) is 0 Å². The second-order valence-corrected chi connectivity index (χ2v) is 6.26. The summed E-state index contributed by atoms with van der Waals surface area (Å²) >= 11 is 0. The summed E-state index contributed by atoms with van der Waals surface area (Å²) in [5.74, 6) is -0.762. The molecule has 4 nitrogen and oxygen atoms in total. The number of nitrogens with zero attached hydrogens (tertiary/aromatic N) is 2. The van der Waals surface area contributed by atoms with Gasteiger partial charge in [0.15, 0.2) is 5.97 Å². The molecular formula is C12H22N2O2. The van der Waals surface area contributed by atoms with E-state index in [0.29, 0.717) is 5.84 Å². The number of amidine groups is 1. The zero-order valence-corrected chi connectivity index (χ0v) is 11.1. The number of aliphatic carboxylic acids is 1. The van der Waals surface area contributed by atoms with Crippen molar-refractivity contribution in [2.24, 2.45) is 0 Å². The zero-order valence-electron chi connectivity index (χ0n) is 11.1. The van der Waals surface area contributed by atoms with Crippen molar-refractivity contribution in [3.63, 3.8) is 0 Å². The molecule has 1 aliphatic heterocycles. The standard InChI is InChI=1S/C12H22N2O2/c1-11(2,3)13-7-8-14(12(4,5)6)9(13)10(15)16/h7-8H2,1-6H3. The molecule has 0 amide bonds. The van der Waals surface area contributed by atoms with Crippen molar-refractivity contribution >= 4 is 11.8 Å². The third kappa shape index (κ3) is 2.36. The smallest absolute Gasteiger partial charge is 0.296 e. The Balaban J connectivity index is 3.23. The van der Waals surface area contributed by atoms with Gasteiger partial charge in [-0.1, -0.05) is 0 Å². The number of carboxylic acids is 1. The Morgan fingerprint density at radius 3 is 2.06 bits per heavy atom. The van der Waals surface area contributed by atoms with Gasteiger partial charge in [0.2, 0.25) is 0 Å². The van der Waals surface area contributed by atoms with Gasteiger partial charge in [0.1, 0.15) is 13.1 Å². The molecule has 0 fully saturated rings. The predicted molar refractivity (Wildman–Crippen MR) is 61.4 cm³/mol. The molecule has 1 aliphatic rings. The Hall–Kier alpha value is -1.06. The van der Waals surface area contributed by atoms with Gasteiger partial charge >= 0.3 is 0 Å². The van der Waals surface area contributed by atoms with E-state index in [9.17, 15) is 9.90 Å². The van der Waals surface area contributed by atoms with Gasteiger partial charge in [0.25, 0.3) is 5.84 Å². The van der Waals surface area contributed by atoms with E-state index < -0.39 is 5.97 Å². The molecule has 0 radical (unpaired) electrons. The van der Waals surface area contributed by atoms with Crippen LogP contribution in [-0.4, -0.2) is 45.4 Å².